The second kappa shape index (κ2) is 11.1. The number of para-hydroxylation sites is 1. The Morgan fingerprint density at radius 3 is 2.44 bits per heavy atom. The first-order valence-corrected chi connectivity index (χ1v) is 13.0. The van der Waals surface area contributed by atoms with Crippen molar-refractivity contribution < 1.29 is 14.0 Å². The highest BCUT2D eigenvalue weighted by Gasteiger charge is 2.29. The molecule has 36 heavy (non-hydrogen) atoms. The zero-order chi connectivity index (χ0) is 24.9. The van der Waals surface area contributed by atoms with Crippen LogP contribution in [0.25, 0.3) is 6.08 Å². The molecule has 7 heteroatoms. The Morgan fingerprint density at radius 2 is 1.69 bits per heavy atom. The van der Waals surface area contributed by atoms with E-state index in [2.05, 4.69) is 10.2 Å². The van der Waals surface area contributed by atoms with Gasteiger partial charge in [-0.25, -0.2) is 4.39 Å². The first-order chi connectivity index (χ1) is 17.6. The lowest BCUT2D eigenvalue weighted by molar-refractivity contribution is -0.114. The van der Waals surface area contributed by atoms with E-state index in [1.165, 1.54) is 36.7 Å². The summed E-state index contributed by atoms with van der Waals surface area (Å²) in [6.45, 7) is 4.10. The monoisotopic (exact) mass is 501 g/mol. The van der Waals surface area contributed by atoms with E-state index < -0.39 is 0 Å². The minimum atomic E-state index is -0.302. The lowest BCUT2D eigenvalue weighted by Crippen LogP contribution is -2.33. The van der Waals surface area contributed by atoms with Gasteiger partial charge in [0, 0.05) is 23.5 Å². The number of anilines is 1. The molecule has 2 heterocycles. The van der Waals surface area contributed by atoms with Gasteiger partial charge in [0.1, 0.15) is 5.82 Å². The summed E-state index contributed by atoms with van der Waals surface area (Å²) < 4.78 is 13.4. The maximum Gasteiger partial charge on any atom is 0.265 e. The molecule has 0 saturated carbocycles. The molecule has 1 fully saturated rings. The summed E-state index contributed by atoms with van der Waals surface area (Å²) in [6, 6.07) is 21.3. The van der Waals surface area contributed by atoms with E-state index in [-0.39, 0.29) is 17.6 Å². The smallest absolute Gasteiger partial charge is 0.265 e. The number of halogens is 1. The van der Waals surface area contributed by atoms with Crippen LogP contribution in [0, 0.1) is 5.82 Å². The van der Waals surface area contributed by atoms with E-state index in [0.717, 1.165) is 41.3 Å². The number of hydrogen-bond donors (Lipinski definition) is 1. The minimum absolute atomic E-state index is 0.0871. The van der Waals surface area contributed by atoms with E-state index >= 15 is 0 Å². The number of nitrogens with one attached hydrogen (secondary N) is 1. The van der Waals surface area contributed by atoms with E-state index in [1.54, 1.807) is 29.2 Å². The lowest BCUT2D eigenvalue weighted by atomic mass is 10.1. The summed E-state index contributed by atoms with van der Waals surface area (Å²) in [4.78, 5) is 31.7. The Labute approximate surface area is 215 Å². The number of carbonyl (C=O) groups is 2. The van der Waals surface area contributed by atoms with Crippen molar-refractivity contribution in [3.05, 3.63) is 100 Å². The molecular weight excluding hydrogens is 473 g/mol. The highest BCUT2D eigenvalue weighted by molar-refractivity contribution is 8.04. The van der Waals surface area contributed by atoms with E-state index in [9.17, 15) is 14.0 Å². The summed E-state index contributed by atoms with van der Waals surface area (Å²) in [5, 5.41) is 2.99. The van der Waals surface area contributed by atoms with E-state index in [1.807, 2.05) is 42.5 Å². The molecule has 3 aromatic carbocycles. The number of likely N-dealkylation sites (tertiary alicyclic amines) is 1. The van der Waals surface area contributed by atoms with Gasteiger partial charge in [0.25, 0.3) is 11.8 Å². The predicted octanol–water partition coefficient (Wildman–Crippen LogP) is 5.33. The predicted molar refractivity (Wildman–Crippen MR) is 142 cm³/mol. The highest BCUT2D eigenvalue weighted by atomic mass is 32.2. The Bertz CT molecular complexity index is 1270. The lowest BCUT2D eigenvalue weighted by Gasteiger charge is -2.30. The molecule has 1 saturated heterocycles. The van der Waals surface area contributed by atoms with Crippen molar-refractivity contribution in [3.8, 4) is 0 Å². The zero-order valence-electron chi connectivity index (χ0n) is 20.0. The van der Waals surface area contributed by atoms with Gasteiger partial charge in [-0.1, -0.05) is 48.2 Å². The number of carbonyl (C=O) groups excluding carboxylic acids is 2. The third-order valence-electron chi connectivity index (χ3n) is 6.47. The van der Waals surface area contributed by atoms with Crippen LogP contribution < -0.4 is 10.2 Å². The van der Waals surface area contributed by atoms with Crippen molar-refractivity contribution in [2.24, 2.45) is 0 Å². The number of amides is 2. The highest BCUT2D eigenvalue weighted by Crippen LogP contribution is 2.42. The molecule has 184 valence electrons. The molecule has 0 radical (unpaired) electrons. The van der Waals surface area contributed by atoms with Crippen LogP contribution in [0.2, 0.25) is 0 Å². The Morgan fingerprint density at radius 1 is 0.972 bits per heavy atom. The molecule has 5 nitrogen and oxygen atoms in total. The molecular formula is C29H28FN3O2S. The fraction of sp³-hybridized carbons (Fsp3) is 0.241. The zero-order valence-corrected chi connectivity index (χ0v) is 20.8. The van der Waals surface area contributed by atoms with Crippen LogP contribution in [-0.2, 0) is 11.3 Å². The second-order valence-corrected chi connectivity index (χ2v) is 10.1. The van der Waals surface area contributed by atoms with Crippen LogP contribution >= 0.6 is 11.8 Å². The minimum Gasteiger partial charge on any atom is -0.351 e. The summed E-state index contributed by atoms with van der Waals surface area (Å²) in [7, 11) is 0. The average molecular weight is 502 g/mol. The molecule has 2 aliphatic rings. The SMILES string of the molecule is O=C(NCCN1CCCC1)c1ccc(C=C2Sc3ccccc3N(Cc3ccc(F)cc3)C2=O)cc1. The van der Waals surface area contributed by atoms with Crippen LogP contribution in [0.15, 0.2) is 82.6 Å². The van der Waals surface area contributed by atoms with Crippen LogP contribution in [0.5, 0.6) is 0 Å². The summed E-state index contributed by atoms with van der Waals surface area (Å²) in [5.74, 6) is -0.494. The Kier molecular flexibility index (Phi) is 7.49. The third kappa shape index (κ3) is 5.69. The van der Waals surface area contributed by atoms with Crippen molar-refractivity contribution in [2.75, 3.05) is 31.1 Å². The van der Waals surface area contributed by atoms with Gasteiger partial charge in [-0.3, -0.25) is 9.59 Å². The summed E-state index contributed by atoms with van der Waals surface area (Å²) in [5.41, 5.74) is 3.14. The molecule has 0 bridgehead atoms. The molecule has 0 atom stereocenters. The van der Waals surface area contributed by atoms with Gasteiger partial charge >= 0.3 is 0 Å². The standard InChI is InChI=1S/C29H28FN3O2S/c30-24-13-9-22(10-14-24)20-33-25-5-1-2-6-26(25)36-27(29(33)35)19-21-7-11-23(12-8-21)28(34)31-15-18-32-16-3-4-17-32/h1-2,5-14,19H,3-4,15-18,20H2,(H,31,34). The number of hydrogen-bond acceptors (Lipinski definition) is 4. The second-order valence-electron chi connectivity index (χ2n) is 9.02. The molecule has 0 aromatic heterocycles. The fourth-order valence-electron chi connectivity index (χ4n) is 4.51. The van der Waals surface area contributed by atoms with Gasteiger partial charge in [-0.2, -0.15) is 0 Å². The van der Waals surface area contributed by atoms with E-state index in [0.29, 0.717) is 23.6 Å². The van der Waals surface area contributed by atoms with Gasteiger partial charge < -0.3 is 15.1 Å². The van der Waals surface area contributed by atoms with Gasteiger partial charge in [0.05, 0.1) is 17.1 Å². The maximum atomic E-state index is 13.5. The van der Waals surface area contributed by atoms with Crippen molar-refractivity contribution in [2.45, 2.75) is 24.3 Å². The first-order valence-electron chi connectivity index (χ1n) is 12.2. The quantitative estimate of drug-likeness (QED) is 0.445. The van der Waals surface area contributed by atoms with Crippen molar-refractivity contribution in [3.63, 3.8) is 0 Å². The molecule has 2 amide bonds. The van der Waals surface area contributed by atoms with Gasteiger partial charge in [-0.15, -0.1) is 0 Å². The molecule has 3 aromatic rings. The number of rotatable bonds is 7. The van der Waals surface area contributed by atoms with Crippen LogP contribution in [0.4, 0.5) is 10.1 Å². The number of benzene rings is 3. The molecule has 2 aliphatic heterocycles. The van der Waals surface area contributed by atoms with Crippen molar-refractivity contribution in [1.82, 2.24) is 10.2 Å². The van der Waals surface area contributed by atoms with E-state index in [4.69, 9.17) is 0 Å². The molecule has 5 rings (SSSR count). The van der Waals surface area contributed by atoms with Gasteiger partial charge in [-0.05, 0) is 79.5 Å². The van der Waals surface area contributed by atoms with Gasteiger partial charge in [0.15, 0.2) is 0 Å². The first kappa shape index (κ1) is 24.3. The normalized spacial score (nSPS) is 16.9. The molecule has 0 aliphatic carbocycles. The molecule has 1 N–H and O–H groups in total. The fourth-order valence-corrected chi connectivity index (χ4v) is 5.57. The number of fused-ring (bicyclic) bond motifs is 1. The van der Waals surface area contributed by atoms with Crippen molar-refractivity contribution in [1.29, 1.82) is 0 Å². The van der Waals surface area contributed by atoms with Crippen molar-refractivity contribution >= 4 is 35.3 Å². The average Bonchev–Trinajstić information content (AvgIpc) is 3.42. The largest absolute Gasteiger partial charge is 0.351 e. The summed E-state index contributed by atoms with van der Waals surface area (Å²) in [6.07, 6.45) is 4.33. The molecule has 0 spiro atoms. The molecule has 0 unspecified atom stereocenters. The summed E-state index contributed by atoms with van der Waals surface area (Å²) >= 11 is 1.44. The number of thioether (sulfide) groups is 1. The third-order valence-corrected chi connectivity index (χ3v) is 7.55. The van der Waals surface area contributed by atoms with Crippen LogP contribution in [-0.4, -0.2) is 42.9 Å². The van der Waals surface area contributed by atoms with Gasteiger partial charge in [0.2, 0.25) is 0 Å². The Balaban J connectivity index is 1.29. The number of nitrogens with zero attached hydrogens (tertiary/aromatic N) is 2. The topological polar surface area (TPSA) is 52.7 Å². The van der Waals surface area contributed by atoms with Crippen LogP contribution in [0.1, 0.15) is 34.3 Å². The van der Waals surface area contributed by atoms with Crippen LogP contribution in [0.3, 0.4) is 0 Å². The Hall–Kier alpha value is -3.42. The maximum absolute atomic E-state index is 13.5.